The van der Waals surface area contributed by atoms with Gasteiger partial charge >= 0.3 is 0 Å². The maximum Gasteiger partial charge on any atom is 0.256 e. The Labute approximate surface area is 123 Å². The first-order valence-corrected chi connectivity index (χ1v) is 6.52. The van der Waals surface area contributed by atoms with E-state index in [9.17, 15) is 9.18 Å². The van der Waals surface area contributed by atoms with Crippen molar-refractivity contribution in [3.05, 3.63) is 29.6 Å². The van der Waals surface area contributed by atoms with E-state index in [1.165, 1.54) is 19.2 Å². The largest absolute Gasteiger partial charge is 0.497 e. The molecule has 3 rings (SSSR count). The van der Waals surface area contributed by atoms with Crippen LogP contribution in [0, 0.1) is 17.7 Å². The van der Waals surface area contributed by atoms with Crippen molar-refractivity contribution in [2.24, 2.45) is 11.8 Å². The maximum absolute atomic E-state index is 13.9. The molecule has 2 fully saturated rings. The summed E-state index contributed by atoms with van der Waals surface area (Å²) in [5.41, 5.74) is 0.133. The van der Waals surface area contributed by atoms with E-state index in [2.05, 4.69) is 5.32 Å². The first-order valence-electron chi connectivity index (χ1n) is 6.52. The van der Waals surface area contributed by atoms with Crippen LogP contribution in [0.3, 0.4) is 0 Å². The molecule has 0 unspecified atom stereocenters. The van der Waals surface area contributed by atoms with Crippen LogP contribution < -0.4 is 10.1 Å². The molecule has 110 valence electrons. The van der Waals surface area contributed by atoms with Crippen molar-refractivity contribution in [3.8, 4) is 5.75 Å². The molecule has 20 heavy (non-hydrogen) atoms. The summed E-state index contributed by atoms with van der Waals surface area (Å²) in [6.45, 7) is 3.36. The summed E-state index contributed by atoms with van der Waals surface area (Å²) in [6.07, 6.45) is 0. The lowest BCUT2D eigenvalue weighted by Gasteiger charge is -2.18. The number of halogens is 2. The minimum absolute atomic E-state index is 0. The second-order valence-corrected chi connectivity index (χ2v) is 5.23. The Balaban J connectivity index is 0.00000147. The molecule has 1 N–H and O–H groups in total. The van der Waals surface area contributed by atoms with E-state index in [0.29, 0.717) is 17.6 Å². The second kappa shape index (κ2) is 5.97. The first-order chi connectivity index (χ1) is 9.19. The molecule has 0 spiro atoms. The van der Waals surface area contributed by atoms with E-state index in [1.807, 2.05) is 0 Å². The third kappa shape index (κ3) is 2.60. The quantitative estimate of drug-likeness (QED) is 0.901. The number of benzene rings is 1. The van der Waals surface area contributed by atoms with Crippen molar-refractivity contribution >= 4 is 18.3 Å². The number of nitrogens with zero attached hydrogens (tertiary/aromatic N) is 1. The lowest BCUT2D eigenvalue weighted by atomic mass is 10.0. The van der Waals surface area contributed by atoms with Gasteiger partial charge in [0, 0.05) is 32.2 Å². The van der Waals surface area contributed by atoms with Gasteiger partial charge in [-0.25, -0.2) is 4.39 Å². The van der Waals surface area contributed by atoms with Crippen molar-refractivity contribution in [2.45, 2.75) is 0 Å². The van der Waals surface area contributed by atoms with Gasteiger partial charge in [0.2, 0.25) is 0 Å². The fourth-order valence-electron chi connectivity index (χ4n) is 2.99. The predicted octanol–water partition coefficient (Wildman–Crippen LogP) is 1.55. The zero-order chi connectivity index (χ0) is 13.4. The third-order valence-corrected chi connectivity index (χ3v) is 4.08. The van der Waals surface area contributed by atoms with E-state index in [4.69, 9.17) is 4.74 Å². The Morgan fingerprint density at radius 3 is 2.55 bits per heavy atom. The van der Waals surface area contributed by atoms with Crippen LogP contribution in [-0.2, 0) is 0 Å². The van der Waals surface area contributed by atoms with Crippen LogP contribution >= 0.6 is 12.4 Å². The average Bonchev–Trinajstić information content (AvgIpc) is 2.98. The number of carbonyl (C=O) groups is 1. The Morgan fingerprint density at radius 2 is 2.00 bits per heavy atom. The highest BCUT2D eigenvalue weighted by Gasteiger charge is 2.38. The SMILES string of the molecule is COc1ccc(C(=O)N2C[C@H]3CNC[C@H]3C2)c(F)c1.Cl. The first kappa shape index (κ1) is 15.1. The number of likely N-dealkylation sites (tertiary alicyclic amines) is 1. The van der Waals surface area contributed by atoms with Crippen LogP contribution in [0.1, 0.15) is 10.4 Å². The molecule has 2 heterocycles. The molecule has 6 heteroatoms. The van der Waals surface area contributed by atoms with Crippen molar-refractivity contribution in [2.75, 3.05) is 33.3 Å². The van der Waals surface area contributed by atoms with E-state index in [0.717, 1.165) is 26.2 Å². The molecule has 0 aromatic heterocycles. The predicted molar refractivity (Wildman–Crippen MR) is 76.0 cm³/mol. The van der Waals surface area contributed by atoms with Gasteiger partial charge in [-0.1, -0.05) is 0 Å². The molecule has 0 radical (unpaired) electrons. The van der Waals surface area contributed by atoms with Gasteiger partial charge in [0.1, 0.15) is 11.6 Å². The monoisotopic (exact) mass is 300 g/mol. The molecule has 2 aliphatic heterocycles. The minimum Gasteiger partial charge on any atom is -0.497 e. The Bertz CT molecular complexity index is 500. The lowest BCUT2D eigenvalue weighted by molar-refractivity contribution is 0.0777. The molecule has 1 aromatic carbocycles. The van der Waals surface area contributed by atoms with Crippen LogP contribution in [0.15, 0.2) is 18.2 Å². The van der Waals surface area contributed by atoms with Gasteiger partial charge in [-0.3, -0.25) is 4.79 Å². The second-order valence-electron chi connectivity index (χ2n) is 5.23. The smallest absolute Gasteiger partial charge is 0.256 e. The summed E-state index contributed by atoms with van der Waals surface area (Å²) < 4.78 is 18.8. The highest BCUT2D eigenvalue weighted by molar-refractivity contribution is 5.94. The molecule has 0 bridgehead atoms. The lowest BCUT2D eigenvalue weighted by Crippen LogP contribution is -2.32. The summed E-state index contributed by atoms with van der Waals surface area (Å²) in [5, 5.41) is 3.32. The molecule has 0 aliphatic carbocycles. The van der Waals surface area contributed by atoms with E-state index < -0.39 is 5.82 Å². The van der Waals surface area contributed by atoms with Gasteiger partial charge in [0.15, 0.2) is 0 Å². The van der Waals surface area contributed by atoms with Gasteiger partial charge in [-0.2, -0.15) is 0 Å². The fraction of sp³-hybridized carbons (Fsp3) is 0.500. The van der Waals surface area contributed by atoms with Gasteiger partial charge in [0.25, 0.3) is 5.91 Å². The van der Waals surface area contributed by atoms with Crippen LogP contribution in [0.4, 0.5) is 4.39 Å². The molecule has 4 nitrogen and oxygen atoms in total. The Morgan fingerprint density at radius 1 is 1.35 bits per heavy atom. The summed E-state index contributed by atoms with van der Waals surface area (Å²) in [6, 6.07) is 4.38. The molecular weight excluding hydrogens is 283 g/mol. The van der Waals surface area contributed by atoms with Crippen LogP contribution in [0.5, 0.6) is 5.75 Å². The molecule has 1 amide bonds. The summed E-state index contributed by atoms with van der Waals surface area (Å²) >= 11 is 0. The topological polar surface area (TPSA) is 41.6 Å². The Hall–Kier alpha value is -1.33. The van der Waals surface area contributed by atoms with Gasteiger partial charge in [-0.05, 0) is 24.0 Å². The van der Waals surface area contributed by atoms with Crippen LogP contribution in [0.25, 0.3) is 0 Å². The summed E-state index contributed by atoms with van der Waals surface area (Å²) in [4.78, 5) is 14.1. The fourth-order valence-corrected chi connectivity index (χ4v) is 2.99. The maximum atomic E-state index is 13.9. The highest BCUT2D eigenvalue weighted by atomic mass is 35.5. The number of rotatable bonds is 2. The molecule has 2 atom stereocenters. The minimum atomic E-state index is -0.514. The van der Waals surface area contributed by atoms with Crippen molar-refractivity contribution < 1.29 is 13.9 Å². The van der Waals surface area contributed by atoms with Gasteiger partial charge in [-0.15, -0.1) is 12.4 Å². The average molecular weight is 301 g/mol. The standard InChI is InChI=1S/C14H17FN2O2.ClH/c1-19-11-2-3-12(13(15)4-11)14(18)17-7-9-5-16-6-10(9)8-17;/h2-4,9-10,16H,5-8H2,1H3;1H/t9-,10+;. The third-order valence-electron chi connectivity index (χ3n) is 4.08. The highest BCUT2D eigenvalue weighted by Crippen LogP contribution is 2.28. The van der Waals surface area contributed by atoms with E-state index in [-0.39, 0.29) is 23.9 Å². The van der Waals surface area contributed by atoms with Crippen LogP contribution in [-0.4, -0.2) is 44.1 Å². The van der Waals surface area contributed by atoms with Crippen LogP contribution in [0.2, 0.25) is 0 Å². The zero-order valence-electron chi connectivity index (χ0n) is 11.3. The summed E-state index contributed by atoms with van der Waals surface area (Å²) in [5.74, 6) is 0.737. The number of carbonyl (C=O) groups excluding carboxylic acids is 1. The number of hydrogen-bond acceptors (Lipinski definition) is 3. The molecule has 2 aliphatic rings. The number of amides is 1. The summed E-state index contributed by atoms with van der Waals surface area (Å²) in [7, 11) is 1.48. The Kier molecular flexibility index (Phi) is 4.50. The molecule has 0 saturated carbocycles. The number of fused-ring (bicyclic) bond motifs is 1. The van der Waals surface area contributed by atoms with E-state index in [1.54, 1.807) is 11.0 Å². The zero-order valence-corrected chi connectivity index (χ0v) is 12.1. The van der Waals surface area contributed by atoms with Crippen molar-refractivity contribution in [3.63, 3.8) is 0 Å². The normalized spacial score (nSPS) is 24.2. The van der Waals surface area contributed by atoms with Crippen molar-refractivity contribution in [1.82, 2.24) is 10.2 Å². The van der Waals surface area contributed by atoms with E-state index >= 15 is 0 Å². The number of methoxy groups -OCH3 is 1. The number of ether oxygens (including phenoxy) is 1. The van der Waals surface area contributed by atoms with Crippen molar-refractivity contribution in [1.29, 1.82) is 0 Å². The molecule has 1 aromatic rings. The molecule has 2 saturated heterocycles. The number of hydrogen-bond donors (Lipinski definition) is 1. The molecular formula is C14H18ClFN2O2. The number of nitrogens with one attached hydrogen (secondary N) is 1. The van der Waals surface area contributed by atoms with Gasteiger partial charge in [0.05, 0.1) is 12.7 Å². The van der Waals surface area contributed by atoms with Gasteiger partial charge < -0.3 is 15.0 Å².